The van der Waals surface area contributed by atoms with Crippen LogP contribution in [-0.4, -0.2) is 55.5 Å². The predicted molar refractivity (Wildman–Crippen MR) is 142 cm³/mol. The van der Waals surface area contributed by atoms with Gasteiger partial charge in [0.25, 0.3) is 6.43 Å². The third-order valence-electron chi connectivity index (χ3n) is 7.90. The Morgan fingerprint density at radius 3 is 2.66 bits per heavy atom. The Kier molecular flexibility index (Phi) is 6.53. The molecule has 3 aromatic heterocycles. The molecular weight excluding hydrogens is 556 g/mol. The van der Waals surface area contributed by atoms with Crippen LogP contribution in [0.15, 0.2) is 53.7 Å². The van der Waals surface area contributed by atoms with Gasteiger partial charge in [-0.05, 0) is 72.7 Å². The molecular formula is C28H27F2N5O5S. The molecule has 1 aliphatic carbocycles. The van der Waals surface area contributed by atoms with Crippen LogP contribution < -0.4 is 4.74 Å². The number of ether oxygens (including phenoxy) is 1. The highest BCUT2D eigenvalue weighted by Crippen LogP contribution is 2.46. The second-order valence-corrected chi connectivity index (χ2v) is 12.6. The first-order valence-electron chi connectivity index (χ1n) is 13.1. The lowest BCUT2D eigenvalue weighted by atomic mass is 9.85. The van der Waals surface area contributed by atoms with E-state index >= 15 is 0 Å². The number of hydrogen-bond acceptors (Lipinski definition) is 7. The van der Waals surface area contributed by atoms with Crippen molar-refractivity contribution < 1.29 is 31.8 Å². The maximum atomic E-state index is 13.7. The summed E-state index contributed by atoms with van der Waals surface area (Å²) in [5, 5.41) is 17.3. The minimum Gasteiger partial charge on any atom is -0.481 e. The van der Waals surface area contributed by atoms with Gasteiger partial charge in [0.15, 0.2) is 5.65 Å². The molecule has 2 aliphatic rings. The lowest BCUT2D eigenvalue weighted by molar-refractivity contribution is -0.137. The molecule has 1 aliphatic heterocycles. The van der Waals surface area contributed by atoms with Crippen molar-refractivity contribution in [2.24, 2.45) is 0 Å². The van der Waals surface area contributed by atoms with Crippen LogP contribution in [0.25, 0.3) is 5.65 Å². The zero-order valence-corrected chi connectivity index (χ0v) is 23.1. The van der Waals surface area contributed by atoms with Gasteiger partial charge in [0.1, 0.15) is 10.5 Å². The van der Waals surface area contributed by atoms with E-state index in [-0.39, 0.29) is 35.9 Å². The maximum Gasteiger partial charge on any atom is 0.304 e. The van der Waals surface area contributed by atoms with Crippen molar-refractivity contribution in [3.05, 3.63) is 82.4 Å². The standard InChI is InChI=1S/C28H27F2N5O5S/c1-16-5-6-18(21(13-23(36)37)20-7-11-35-25(17(20)2)32-33-26(35)24(29)30)12-19(16)14-34-15-28(8-9-28)40-27-22(41(34,38)39)4-3-10-31-27/h3-7,10-12,21,24H,8-9,13-15H2,1-2H3,(H,36,37)/t21-/m0/s1. The van der Waals surface area contributed by atoms with E-state index < -0.39 is 39.8 Å². The minimum absolute atomic E-state index is 0.0155. The van der Waals surface area contributed by atoms with E-state index in [0.29, 0.717) is 35.1 Å². The van der Waals surface area contributed by atoms with Crippen molar-refractivity contribution in [1.29, 1.82) is 0 Å². The van der Waals surface area contributed by atoms with Crippen LogP contribution in [0.3, 0.4) is 0 Å². The summed E-state index contributed by atoms with van der Waals surface area (Å²) in [6.45, 7) is 3.79. The lowest BCUT2D eigenvalue weighted by Crippen LogP contribution is -2.38. The summed E-state index contributed by atoms with van der Waals surface area (Å²) in [5.41, 5.74) is 2.95. The summed E-state index contributed by atoms with van der Waals surface area (Å²) in [7, 11) is -3.93. The number of hydrogen-bond donors (Lipinski definition) is 1. The maximum absolute atomic E-state index is 13.7. The van der Waals surface area contributed by atoms with Gasteiger partial charge in [-0.2, -0.15) is 4.31 Å². The van der Waals surface area contributed by atoms with Gasteiger partial charge in [0.2, 0.25) is 21.7 Å². The number of nitrogens with zero attached hydrogens (tertiary/aromatic N) is 5. The Hall–Kier alpha value is -3.97. The van der Waals surface area contributed by atoms with Crippen LogP contribution >= 0.6 is 0 Å². The summed E-state index contributed by atoms with van der Waals surface area (Å²) in [6, 6.07) is 10.1. The summed E-state index contributed by atoms with van der Waals surface area (Å²) >= 11 is 0. The monoisotopic (exact) mass is 583 g/mol. The summed E-state index contributed by atoms with van der Waals surface area (Å²) < 4.78 is 62.9. The molecule has 0 radical (unpaired) electrons. The van der Waals surface area contributed by atoms with Crippen molar-refractivity contribution in [1.82, 2.24) is 23.9 Å². The zero-order chi connectivity index (χ0) is 29.1. The molecule has 6 rings (SSSR count). The van der Waals surface area contributed by atoms with Gasteiger partial charge < -0.3 is 9.84 Å². The van der Waals surface area contributed by atoms with Crippen molar-refractivity contribution in [2.45, 2.75) is 62.5 Å². The fourth-order valence-electron chi connectivity index (χ4n) is 5.46. The Labute approximate surface area is 234 Å². The largest absolute Gasteiger partial charge is 0.481 e. The van der Waals surface area contributed by atoms with Gasteiger partial charge in [-0.3, -0.25) is 9.20 Å². The summed E-state index contributed by atoms with van der Waals surface area (Å²) in [5.74, 6) is -2.07. The van der Waals surface area contributed by atoms with E-state index in [9.17, 15) is 27.1 Å². The highest BCUT2D eigenvalue weighted by Gasteiger charge is 2.52. The van der Waals surface area contributed by atoms with Crippen LogP contribution in [0.5, 0.6) is 5.88 Å². The van der Waals surface area contributed by atoms with E-state index in [1.165, 1.54) is 27.2 Å². The van der Waals surface area contributed by atoms with Crippen LogP contribution in [0, 0.1) is 13.8 Å². The average Bonchev–Trinajstić information content (AvgIpc) is 3.54. The fraction of sp³-hybridized carbons (Fsp3) is 0.357. The van der Waals surface area contributed by atoms with Crippen molar-refractivity contribution in [3.8, 4) is 5.88 Å². The third-order valence-corrected chi connectivity index (χ3v) is 9.71. The SMILES string of the molecule is Cc1ccc([C@H](CC(=O)O)c2ccn3c(C(F)F)nnc3c2C)cc1CN1CC2(CC2)Oc2ncccc2S1(=O)=O. The van der Waals surface area contributed by atoms with Crippen LogP contribution in [0.2, 0.25) is 0 Å². The van der Waals surface area contributed by atoms with E-state index in [0.717, 1.165) is 5.56 Å². The second kappa shape index (κ2) is 9.84. The molecule has 10 nitrogen and oxygen atoms in total. The Morgan fingerprint density at radius 2 is 1.95 bits per heavy atom. The second-order valence-electron chi connectivity index (χ2n) is 10.6. The quantitative estimate of drug-likeness (QED) is 0.339. The van der Waals surface area contributed by atoms with Crippen LogP contribution in [-0.2, 0) is 21.4 Å². The number of aliphatic carboxylic acids is 1. The Morgan fingerprint density at radius 1 is 1.17 bits per heavy atom. The number of carbonyl (C=O) groups is 1. The molecule has 41 heavy (non-hydrogen) atoms. The van der Waals surface area contributed by atoms with Crippen molar-refractivity contribution in [2.75, 3.05) is 6.54 Å². The Balaban J connectivity index is 1.40. The topological polar surface area (TPSA) is 127 Å². The molecule has 1 N–H and O–H groups in total. The number of rotatable bonds is 7. The number of sulfonamides is 1. The highest BCUT2D eigenvalue weighted by molar-refractivity contribution is 7.89. The molecule has 0 bridgehead atoms. The number of pyridine rings is 2. The molecule has 0 unspecified atom stereocenters. The number of aromatic nitrogens is 4. The molecule has 1 fully saturated rings. The van der Waals surface area contributed by atoms with Crippen LogP contribution in [0.4, 0.5) is 8.78 Å². The van der Waals surface area contributed by atoms with E-state index in [4.69, 9.17) is 4.74 Å². The van der Waals surface area contributed by atoms with Gasteiger partial charge in [-0.1, -0.05) is 18.2 Å². The number of halogens is 2. The van der Waals surface area contributed by atoms with E-state index in [1.807, 2.05) is 25.1 Å². The predicted octanol–water partition coefficient (Wildman–Crippen LogP) is 4.40. The smallest absolute Gasteiger partial charge is 0.304 e. The van der Waals surface area contributed by atoms with Crippen molar-refractivity contribution >= 4 is 21.6 Å². The lowest BCUT2D eigenvalue weighted by Gasteiger charge is -2.25. The molecule has 1 atom stereocenters. The van der Waals surface area contributed by atoms with Crippen molar-refractivity contribution in [3.63, 3.8) is 0 Å². The summed E-state index contributed by atoms with van der Waals surface area (Å²) in [6.07, 6.45) is 1.27. The molecule has 13 heteroatoms. The number of aryl methyl sites for hydroxylation is 2. The fourth-order valence-corrected chi connectivity index (χ4v) is 7.02. The third kappa shape index (κ3) is 4.82. The highest BCUT2D eigenvalue weighted by atomic mass is 32.2. The first kappa shape index (κ1) is 27.2. The zero-order valence-electron chi connectivity index (χ0n) is 22.3. The van der Waals surface area contributed by atoms with Gasteiger partial charge in [-0.25, -0.2) is 22.2 Å². The first-order valence-corrected chi connectivity index (χ1v) is 14.5. The minimum atomic E-state index is -3.93. The first-order chi connectivity index (χ1) is 19.5. The molecule has 0 saturated heterocycles. The van der Waals surface area contributed by atoms with Crippen LogP contribution in [0.1, 0.15) is 65.2 Å². The molecule has 4 aromatic rings. The number of carboxylic acids is 1. The molecule has 0 amide bonds. The van der Waals surface area contributed by atoms with Gasteiger partial charge in [0.05, 0.1) is 13.0 Å². The average molecular weight is 584 g/mol. The molecule has 1 aromatic carbocycles. The molecule has 1 saturated carbocycles. The number of benzene rings is 1. The number of carboxylic acid groups (broad SMARTS) is 1. The molecule has 1 spiro atoms. The number of fused-ring (bicyclic) bond motifs is 2. The number of alkyl halides is 2. The normalized spacial score (nSPS) is 18.2. The van der Waals surface area contributed by atoms with E-state index in [1.54, 1.807) is 19.1 Å². The molecule has 4 heterocycles. The Bertz CT molecular complexity index is 1790. The molecule has 214 valence electrons. The van der Waals surface area contributed by atoms with Gasteiger partial charge in [0, 0.05) is 24.9 Å². The summed E-state index contributed by atoms with van der Waals surface area (Å²) in [4.78, 5) is 16.2. The van der Waals surface area contributed by atoms with Gasteiger partial charge >= 0.3 is 5.97 Å². The van der Waals surface area contributed by atoms with E-state index in [2.05, 4.69) is 15.2 Å². The van der Waals surface area contributed by atoms with Gasteiger partial charge in [-0.15, -0.1) is 10.2 Å².